The van der Waals surface area contributed by atoms with Crippen LogP contribution in [0.3, 0.4) is 0 Å². The molecule has 0 aromatic carbocycles. The normalized spacial score (nSPS) is 10.4. The summed E-state index contributed by atoms with van der Waals surface area (Å²) >= 11 is 1.62. The van der Waals surface area contributed by atoms with E-state index in [0.717, 1.165) is 26.8 Å². The first-order valence-electron chi connectivity index (χ1n) is 6.72. The highest BCUT2D eigenvalue weighted by Crippen LogP contribution is 2.26. The maximum atomic E-state index is 4.56. The number of rotatable bonds is 1. The fraction of sp³-hybridized carbons (Fsp3) is 0. The average Bonchev–Trinajstić information content (AvgIpc) is 3.20. The van der Waals surface area contributed by atoms with E-state index >= 15 is 0 Å². The summed E-state index contributed by atoms with van der Waals surface area (Å²) in [6, 6.07) is 13.6. The molecule has 4 aromatic rings. The minimum atomic E-state index is 0.773. The van der Waals surface area contributed by atoms with Crippen molar-refractivity contribution in [1.29, 1.82) is 0 Å². The van der Waals surface area contributed by atoms with Crippen LogP contribution < -0.4 is 0 Å². The largest absolute Gasteiger partial charge is 0.248 e. The second-order valence-electron chi connectivity index (χ2n) is 4.58. The number of aromatic nitrogens is 4. The van der Waals surface area contributed by atoms with Gasteiger partial charge in [0.05, 0.1) is 16.0 Å². The predicted molar refractivity (Wildman–Crippen MR) is 86.5 cm³/mol. The number of imidazole rings is 1. The van der Waals surface area contributed by atoms with Gasteiger partial charge in [-0.05, 0) is 48.2 Å². The number of hydrogen-bond donors (Lipinski definition) is 0. The van der Waals surface area contributed by atoms with Crippen LogP contribution in [0.25, 0.3) is 16.2 Å². The van der Waals surface area contributed by atoms with Crippen LogP contribution in [0.5, 0.6) is 0 Å². The SMILES string of the molecule is C(#Cc1ccc(-c2cn3ncccc3n2)s1)c1ccccn1. The molecule has 0 aliphatic rings. The Morgan fingerprint density at radius 3 is 2.82 bits per heavy atom. The Balaban J connectivity index is 1.65. The van der Waals surface area contributed by atoms with Crippen LogP contribution in [0.1, 0.15) is 10.6 Å². The highest BCUT2D eigenvalue weighted by atomic mass is 32.1. The molecule has 4 nitrogen and oxygen atoms in total. The first-order chi connectivity index (χ1) is 10.9. The molecule has 0 atom stereocenters. The Hall–Kier alpha value is -2.97. The molecular weight excluding hydrogens is 292 g/mol. The van der Waals surface area contributed by atoms with Gasteiger partial charge >= 0.3 is 0 Å². The zero-order valence-corrected chi connectivity index (χ0v) is 12.3. The third-order valence-corrected chi connectivity index (χ3v) is 4.10. The van der Waals surface area contributed by atoms with Gasteiger partial charge in [0.1, 0.15) is 11.4 Å². The summed E-state index contributed by atoms with van der Waals surface area (Å²) in [5.41, 5.74) is 2.52. The Morgan fingerprint density at radius 2 is 1.95 bits per heavy atom. The molecule has 0 radical (unpaired) electrons. The van der Waals surface area contributed by atoms with Crippen molar-refractivity contribution in [3.05, 3.63) is 71.6 Å². The van der Waals surface area contributed by atoms with Gasteiger partial charge in [-0.15, -0.1) is 11.3 Å². The maximum absolute atomic E-state index is 4.56. The Labute approximate surface area is 131 Å². The van der Waals surface area contributed by atoms with Crippen LogP contribution in [-0.4, -0.2) is 19.6 Å². The summed E-state index contributed by atoms with van der Waals surface area (Å²) in [6.07, 6.45) is 5.42. The number of nitrogens with zero attached hydrogens (tertiary/aromatic N) is 4. The molecule has 104 valence electrons. The zero-order chi connectivity index (χ0) is 14.8. The van der Waals surface area contributed by atoms with E-state index < -0.39 is 0 Å². The van der Waals surface area contributed by atoms with Gasteiger partial charge < -0.3 is 0 Å². The predicted octanol–water partition coefficient (Wildman–Crippen LogP) is 3.25. The molecule has 0 aliphatic heterocycles. The summed E-state index contributed by atoms with van der Waals surface area (Å²) in [7, 11) is 0. The summed E-state index contributed by atoms with van der Waals surface area (Å²) in [5.74, 6) is 6.20. The van der Waals surface area contributed by atoms with Crippen LogP contribution >= 0.6 is 11.3 Å². The van der Waals surface area contributed by atoms with E-state index in [1.54, 1.807) is 28.2 Å². The molecule has 0 aliphatic carbocycles. The fourth-order valence-electron chi connectivity index (χ4n) is 2.05. The average molecular weight is 302 g/mol. The van der Waals surface area contributed by atoms with Gasteiger partial charge in [0.25, 0.3) is 0 Å². The smallest absolute Gasteiger partial charge is 0.154 e. The van der Waals surface area contributed by atoms with E-state index in [1.807, 2.05) is 48.7 Å². The summed E-state index contributed by atoms with van der Waals surface area (Å²) in [5, 5.41) is 4.23. The second-order valence-corrected chi connectivity index (χ2v) is 5.67. The van der Waals surface area contributed by atoms with Gasteiger partial charge in [0.15, 0.2) is 5.65 Å². The van der Waals surface area contributed by atoms with E-state index in [9.17, 15) is 0 Å². The van der Waals surface area contributed by atoms with Crippen LogP contribution in [0, 0.1) is 11.8 Å². The second kappa shape index (κ2) is 5.43. The molecule has 0 unspecified atom stereocenters. The Bertz CT molecular complexity index is 956. The quantitative estimate of drug-likeness (QED) is 0.507. The van der Waals surface area contributed by atoms with Gasteiger partial charge in [-0.2, -0.15) is 5.10 Å². The van der Waals surface area contributed by atoms with Gasteiger partial charge in [0, 0.05) is 12.4 Å². The molecule has 0 fully saturated rings. The first kappa shape index (κ1) is 12.7. The highest BCUT2D eigenvalue weighted by Gasteiger charge is 2.06. The molecule has 4 rings (SSSR count). The molecule has 0 amide bonds. The van der Waals surface area contributed by atoms with Crippen LogP contribution in [0.4, 0.5) is 0 Å². The van der Waals surface area contributed by atoms with Crippen molar-refractivity contribution >= 4 is 17.0 Å². The van der Waals surface area contributed by atoms with Gasteiger partial charge in [-0.25, -0.2) is 14.5 Å². The minimum Gasteiger partial charge on any atom is -0.248 e. The summed E-state index contributed by atoms with van der Waals surface area (Å²) in [6.45, 7) is 0. The Morgan fingerprint density at radius 1 is 0.955 bits per heavy atom. The number of pyridine rings is 1. The third kappa shape index (κ3) is 2.48. The van der Waals surface area contributed by atoms with Crippen LogP contribution in [0.2, 0.25) is 0 Å². The van der Waals surface area contributed by atoms with E-state index in [2.05, 4.69) is 26.9 Å². The number of fused-ring (bicyclic) bond motifs is 1. The zero-order valence-electron chi connectivity index (χ0n) is 11.5. The van der Waals surface area contributed by atoms with Crippen LogP contribution in [-0.2, 0) is 0 Å². The van der Waals surface area contributed by atoms with E-state index in [4.69, 9.17) is 0 Å². The Kier molecular flexibility index (Phi) is 3.15. The first-order valence-corrected chi connectivity index (χ1v) is 7.54. The van der Waals surface area contributed by atoms with E-state index in [0.29, 0.717) is 0 Å². The lowest BCUT2D eigenvalue weighted by Crippen LogP contribution is -1.85. The lowest BCUT2D eigenvalue weighted by molar-refractivity contribution is 0.936. The topological polar surface area (TPSA) is 43.1 Å². The standard InChI is InChI=1S/C17H10N4S/c1-2-10-18-13(4-1)6-7-14-8-9-16(22-14)15-12-21-17(20-15)5-3-11-19-21/h1-5,8-12H. The van der Waals surface area contributed by atoms with Crippen molar-refractivity contribution in [2.75, 3.05) is 0 Å². The number of thiophene rings is 1. The molecule has 0 saturated heterocycles. The fourth-order valence-corrected chi connectivity index (χ4v) is 2.87. The third-order valence-electron chi connectivity index (χ3n) is 3.07. The van der Waals surface area contributed by atoms with Crippen molar-refractivity contribution in [3.8, 4) is 22.4 Å². The summed E-state index contributed by atoms with van der Waals surface area (Å²) < 4.78 is 1.77. The molecule has 22 heavy (non-hydrogen) atoms. The van der Waals surface area contributed by atoms with Gasteiger partial charge in [-0.1, -0.05) is 6.07 Å². The van der Waals surface area contributed by atoms with Gasteiger partial charge in [0.2, 0.25) is 0 Å². The van der Waals surface area contributed by atoms with Gasteiger partial charge in [-0.3, -0.25) is 0 Å². The van der Waals surface area contributed by atoms with Crippen molar-refractivity contribution in [3.63, 3.8) is 0 Å². The van der Waals surface area contributed by atoms with Crippen molar-refractivity contribution < 1.29 is 0 Å². The maximum Gasteiger partial charge on any atom is 0.154 e. The molecule has 4 aromatic heterocycles. The lowest BCUT2D eigenvalue weighted by Gasteiger charge is -1.86. The van der Waals surface area contributed by atoms with Crippen LogP contribution in [0.15, 0.2) is 61.1 Å². The molecular formula is C17H10N4S. The van der Waals surface area contributed by atoms with Crippen molar-refractivity contribution in [2.24, 2.45) is 0 Å². The molecule has 0 saturated carbocycles. The number of hydrogen-bond acceptors (Lipinski definition) is 4. The monoisotopic (exact) mass is 302 g/mol. The lowest BCUT2D eigenvalue weighted by atomic mass is 10.3. The summed E-state index contributed by atoms with van der Waals surface area (Å²) in [4.78, 5) is 10.8. The van der Waals surface area contributed by atoms with E-state index in [-0.39, 0.29) is 0 Å². The van der Waals surface area contributed by atoms with Crippen molar-refractivity contribution in [1.82, 2.24) is 19.6 Å². The minimum absolute atomic E-state index is 0.773. The highest BCUT2D eigenvalue weighted by molar-refractivity contribution is 7.16. The van der Waals surface area contributed by atoms with E-state index in [1.165, 1.54) is 0 Å². The molecule has 4 heterocycles. The van der Waals surface area contributed by atoms with Crippen molar-refractivity contribution in [2.45, 2.75) is 0 Å². The molecule has 0 bridgehead atoms. The molecule has 0 spiro atoms. The molecule has 0 N–H and O–H groups in total. The molecule has 5 heteroatoms.